The van der Waals surface area contributed by atoms with Crippen LogP contribution in [0, 0.1) is 0 Å². The first-order valence-electron chi connectivity index (χ1n) is 9.60. The molecule has 0 saturated carbocycles. The monoisotopic (exact) mass is 471 g/mol. The van der Waals surface area contributed by atoms with E-state index >= 15 is 0 Å². The Balaban J connectivity index is 1.98. The van der Waals surface area contributed by atoms with E-state index in [4.69, 9.17) is 11.6 Å². The van der Waals surface area contributed by atoms with Gasteiger partial charge in [0.25, 0.3) is 5.56 Å². The van der Waals surface area contributed by atoms with Gasteiger partial charge in [0.2, 0.25) is 17.4 Å². The Bertz CT molecular complexity index is 1500. The molecule has 0 spiro atoms. The Labute approximate surface area is 190 Å². The number of anilines is 1. The van der Waals surface area contributed by atoms with Crippen LogP contribution < -0.4 is 32.0 Å². The van der Waals surface area contributed by atoms with E-state index in [0.29, 0.717) is 15.9 Å². The first kappa shape index (κ1) is 22.1. The Morgan fingerprint density at radius 2 is 1.42 bits per heavy atom. The summed E-state index contributed by atoms with van der Waals surface area (Å²) in [5.74, 6) is -4.19. The predicted molar refractivity (Wildman–Crippen MR) is 120 cm³/mol. The van der Waals surface area contributed by atoms with Crippen molar-refractivity contribution in [2.45, 2.75) is 13.2 Å². The lowest BCUT2D eigenvalue weighted by Gasteiger charge is -2.30. The molecule has 0 atom stereocenters. The second-order valence-electron chi connectivity index (χ2n) is 7.17. The summed E-state index contributed by atoms with van der Waals surface area (Å²) >= 11 is 5.95. The average molecular weight is 472 g/mol. The highest BCUT2D eigenvalue weighted by Crippen LogP contribution is 2.38. The molecule has 0 bridgehead atoms. The lowest BCUT2D eigenvalue weighted by atomic mass is 10.1. The molecule has 1 aliphatic rings. The number of aliphatic hydroxyl groups excluding tert-OH is 2. The number of hydrogen-bond acceptors (Lipinski definition) is 9. The summed E-state index contributed by atoms with van der Waals surface area (Å²) in [7, 11) is 0. The number of benzene rings is 2. The van der Waals surface area contributed by atoms with E-state index in [1.807, 2.05) is 0 Å². The molecule has 4 rings (SSSR count). The van der Waals surface area contributed by atoms with Crippen molar-refractivity contribution in [2.24, 2.45) is 0 Å². The maximum absolute atomic E-state index is 12.5. The molecule has 170 valence electrons. The summed E-state index contributed by atoms with van der Waals surface area (Å²) in [4.78, 5) is 24.7. The third-order valence-corrected chi connectivity index (χ3v) is 5.43. The quantitative estimate of drug-likeness (QED) is 0.306. The number of hydrogen-bond donors (Lipinski definition) is 6. The summed E-state index contributed by atoms with van der Waals surface area (Å²) < 4.78 is 0.126. The van der Waals surface area contributed by atoms with Gasteiger partial charge in [-0.15, -0.1) is 0 Å². The number of fused-ring (bicyclic) bond motifs is 1. The van der Waals surface area contributed by atoms with Gasteiger partial charge in [-0.05, 0) is 23.8 Å². The van der Waals surface area contributed by atoms with E-state index < -0.39 is 46.7 Å². The zero-order valence-corrected chi connectivity index (χ0v) is 17.6. The van der Waals surface area contributed by atoms with Crippen molar-refractivity contribution < 1.29 is 25.5 Å². The maximum Gasteiger partial charge on any atom is 0.301 e. The van der Waals surface area contributed by atoms with Gasteiger partial charge in [0, 0.05) is 27.6 Å². The molecule has 0 unspecified atom stereocenters. The number of aliphatic hydroxyl groups is 2. The minimum Gasteiger partial charge on any atom is -0.503 e. The van der Waals surface area contributed by atoms with Crippen LogP contribution >= 0.6 is 11.6 Å². The van der Waals surface area contributed by atoms with Crippen molar-refractivity contribution >= 4 is 28.9 Å². The third kappa shape index (κ3) is 3.71. The van der Waals surface area contributed by atoms with Crippen molar-refractivity contribution in [3.63, 3.8) is 0 Å². The van der Waals surface area contributed by atoms with E-state index in [9.17, 15) is 35.1 Å². The lowest BCUT2D eigenvalue weighted by molar-refractivity contribution is 0.199. The lowest BCUT2D eigenvalue weighted by Crippen LogP contribution is -2.50. The first-order valence-corrected chi connectivity index (χ1v) is 9.98. The van der Waals surface area contributed by atoms with Gasteiger partial charge >= 0.3 is 5.56 Å². The normalized spacial score (nSPS) is 13.0. The van der Waals surface area contributed by atoms with Crippen LogP contribution in [0.1, 0.15) is 5.56 Å². The molecule has 11 heteroatoms. The van der Waals surface area contributed by atoms with Gasteiger partial charge in [-0.25, -0.2) is 9.58 Å². The molecule has 1 aliphatic heterocycles. The van der Waals surface area contributed by atoms with Crippen LogP contribution in [0.5, 0.6) is 17.2 Å². The Morgan fingerprint density at radius 3 is 2.06 bits per heavy atom. The Morgan fingerprint density at radius 1 is 0.818 bits per heavy atom. The highest BCUT2D eigenvalue weighted by atomic mass is 35.5. The van der Waals surface area contributed by atoms with Gasteiger partial charge in [0.15, 0.2) is 11.4 Å². The molecule has 0 amide bonds. The van der Waals surface area contributed by atoms with Crippen molar-refractivity contribution in [3.8, 4) is 17.2 Å². The van der Waals surface area contributed by atoms with Crippen LogP contribution in [0.4, 0.5) is 5.69 Å². The van der Waals surface area contributed by atoms with Crippen LogP contribution in [-0.2, 0) is 13.2 Å². The number of rotatable bonds is 4. The molecular weight excluding hydrogens is 454 g/mol. The molecule has 6 N–H and O–H groups in total. The SMILES string of the molecule is O=c1c(O)c(O)c(N2NC(Cc3ccc(Cl)cc3)=c3ccccc3=C2O)c(O)c(=O)n1CO. The number of aromatic nitrogens is 1. The van der Waals surface area contributed by atoms with Crippen LogP contribution in [0.3, 0.4) is 0 Å². The van der Waals surface area contributed by atoms with Gasteiger partial charge in [0.05, 0.1) is 0 Å². The highest BCUT2D eigenvalue weighted by Gasteiger charge is 2.29. The molecular formula is C22H18ClN3O7. The van der Waals surface area contributed by atoms with Gasteiger partial charge in [0.1, 0.15) is 6.73 Å². The first-order chi connectivity index (χ1) is 15.7. The predicted octanol–water partition coefficient (Wildman–Crippen LogP) is -0.0721. The van der Waals surface area contributed by atoms with Crippen LogP contribution in [-0.4, -0.2) is 30.1 Å². The van der Waals surface area contributed by atoms with Gasteiger partial charge in [-0.3, -0.25) is 15.0 Å². The van der Waals surface area contributed by atoms with Crippen molar-refractivity contribution in [2.75, 3.05) is 5.01 Å². The smallest absolute Gasteiger partial charge is 0.301 e. The molecule has 2 heterocycles. The fourth-order valence-electron chi connectivity index (χ4n) is 3.53. The van der Waals surface area contributed by atoms with Crippen molar-refractivity contribution in [1.82, 2.24) is 9.99 Å². The molecule has 2 aromatic carbocycles. The highest BCUT2D eigenvalue weighted by molar-refractivity contribution is 6.30. The molecule has 0 aliphatic carbocycles. The van der Waals surface area contributed by atoms with Crippen LogP contribution in [0.25, 0.3) is 11.6 Å². The minimum atomic E-state index is -1.43. The molecule has 0 radical (unpaired) electrons. The number of nitrogens with zero attached hydrogens (tertiary/aromatic N) is 2. The summed E-state index contributed by atoms with van der Waals surface area (Å²) in [5.41, 5.74) is 0.572. The van der Waals surface area contributed by atoms with Crippen LogP contribution in [0.2, 0.25) is 5.02 Å². The Kier molecular flexibility index (Phi) is 5.62. The molecule has 1 aromatic heterocycles. The van der Waals surface area contributed by atoms with Gasteiger partial charge in [-0.1, -0.05) is 41.9 Å². The molecule has 10 nitrogen and oxygen atoms in total. The molecule has 0 saturated heterocycles. The van der Waals surface area contributed by atoms with Gasteiger partial charge < -0.3 is 25.5 Å². The number of aromatic hydroxyl groups is 3. The zero-order chi connectivity index (χ0) is 23.9. The maximum atomic E-state index is 12.5. The van der Waals surface area contributed by atoms with Crippen molar-refractivity contribution in [3.05, 3.63) is 90.3 Å². The van der Waals surface area contributed by atoms with E-state index in [-0.39, 0.29) is 16.2 Å². The largest absolute Gasteiger partial charge is 0.503 e. The molecule has 33 heavy (non-hydrogen) atoms. The van der Waals surface area contributed by atoms with Crippen molar-refractivity contribution in [1.29, 1.82) is 0 Å². The standard InChI is InChI=1S/C22H18ClN3O7/c23-12-7-5-11(6-8-12)9-15-13-3-1-2-4-14(13)20(31)26(24-15)16-17(28)19(30)22(33)25(10-27)21(32)18(16)29/h1-8,24,27-31H,9-10H2. The molecule has 0 fully saturated rings. The minimum absolute atomic E-state index is 0.126. The third-order valence-electron chi connectivity index (χ3n) is 5.18. The topological polar surface area (TPSA) is 155 Å². The number of nitrogens with one attached hydrogen (secondary N) is 1. The fraction of sp³-hybridized carbons (Fsp3) is 0.0909. The van der Waals surface area contributed by atoms with E-state index in [2.05, 4.69) is 5.43 Å². The number of hydrazine groups is 1. The summed E-state index contributed by atoms with van der Waals surface area (Å²) in [6.07, 6.45) is 0.290. The fourth-order valence-corrected chi connectivity index (χ4v) is 3.65. The van der Waals surface area contributed by atoms with E-state index in [1.54, 1.807) is 48.5 Å². The second-order valence-corrected chi connectivity index (χ2v) is 7.61. The Hall–Kier alpha value is -4.15. The van der Waals surface area contributed by atoms with E-state index in [1.165, 1.54) is 0 Å². The molecule has 3 aromatic rings. The average Bonchev–Trinajstić information content (AvgIpc) is 2.87. The second kappa shape index (κ2) is 8.41. The van der Waals surface area contributed by atoms with Gasteiger partial charge in [-0.2, -0.15) is 0 Å². The van der Waals surface area contributed by atoms with Crippen LogP contribution in [0.15, 0.2) is 58.1 Å². The summed E-state index contributed by atoms with van der Waals surface area (Å²) in [5, 5.41) is 53.6. The summed E-state index contributed by atoms with van der Waals surface area (Å²) in [6, 6.07) is 13.7. The summed E-state index contributed by atoms with van der Waals surface area (Å²) in [6.45, 7) is -1.16. The number of halogens is 1. The zero-order valence-electron chi connectivity index (χ0n) is 16.9. The van der Waals surface area contributed by atoms with E-state index in [0.717, 1.165) is 10.6 Å².